The van der Waals surface area contributed by atoms with E-state index < -0.39 is 11.8 Å². The number of thiazole rings is 1. The van der Waals surface area contributed by atoms with Crippen molar-refractivity contribution < 1.29 is 23.9 Å². The number of carbonyl (C=O) groups excluding carboxylic acids is 3. The van der Waals surface area contributed by atoms with Gasteiger partial charge in [0.15, 0.2) is 16.6 Å². The second-order valence-corrected chi connectivity index (χ2v) is 8.42. The van der Waals surface area contributed by atoms with Crippen LogP contribution in [0, 0.1) is 0 Å². The van der Waals surface area contributed by atoms with Crippen LogP contribution in [0.3, 0.4) is 0 Å². The first-order valence-electron chi connectivity index (χ1n) is 9.90. The summed E-state index contributed by atoms with van der Waals surface area (Å²) in [6, 6.07) is 11.5. The number of benzene rings is 2. The van der Waals surface area contributed by atoms with Gasteiger partial charge in [0.2, 0.25) is 12.7 Å². The third kappa shape index (κ3) is 3.65. The maximum atomic E-state index is 12.9. The van der Waals surface area contributed by atoms with Crippen molar-refractivity contribution in [3.63, 3.8) is 0 Å². The standard InChI is InChI=1S/C22H18N4O5S/c23-19(27)12-3-1-2-4-14(12)24-21(29)13-6-8-17-18(13)25-22(32-17)26-20(28)11-5-7-15-16(9-11)31-10-30-15/h1-5,7,9,13H,6,8,10H2,(H2,23,27)(H,24,29)(H,25,26,28). The molecule has 0 bridgehead atoms. The minimum atomic E-state index is -0.616. The highest BCUT2D eigenvalue weighted by Gasteiger charge is 2.33. The Hall–Kier alpha value is -3.92. The van der Waals surface area contributed by atoms with Crippen molar-refractivity contribution >= 4 is 39.9 Å². The molecule has 1 aromatic heterocycles. The topological polar surface area (TPSA) is 133 Å². The number of ether oxygens (including phenoxy) is 2. The van der Waals surface area contributed by atoms with Crippen LogP contribution >= 0.6 is 11.3 Å². The number of nitrogens with zero attached hydrogens (tertiary/aromatic N) is 1. The molecule has 0 fully saturated rings. The first kappa shape index (κ1) is 20.0. The molecule has 4 N–H and O–H groups in total. The van der Waals surface area contributed by atoms with Gasteiger partial charge in [-0.05, 0) is 43.2 Å². The summed E-state index contributed by atoms with van der Waals surface area (Å²) in [7, 11) is 0. The zero-order valence-electron chi connectivity index (χ0n) is 16.7. The van der Waals surface area contributed by atoms with Gasteiger partial charge >= 0.3 is 0 Å². The highest BCUT2D eigenvalue weighted by molar-refractivity contribution is 7.16. The normalized spacial score (nSPS) is 15.8. The minimum absolute atomic E-state index is 0.132. The van der Waals surface area contributed by atoms with Crippen molar-refractivity contribution in [3.8, 4) is 11.5 Å². The maximum Gasteiger partial charge on any atom is 0.257 e. The Morgan fingerprint density at radius 1 is 1.06 bits per heavy atom. The van der Waals surface area contributed by atoms with Gasteiger partial charge in [0, 0.05) is 10.4 Å². The number of aromatic nitrogens is 1. The summed E-state index contributed by atoms with van der Waals surface area (Å²) in [4.78, 5) is 42.6. The molecule has 5 rings (SSSR count). The van der Waals surface area contributed by atoms with Gasteiger partial charge in [-0.2, -0.15) is 0 Å². The van der Waals surface area contributed by atoms with E-state index in [0.717, 1.165) is 4.88 Å². The lowest BCUT2D eigenvalue weighted by Gasteiger charge is -2.13. The van der Waals surface area contributed by atoms with Crippen molar-refractivity contribution in [1.82, 2.24) is 4.98 Å². The molecule has 3 aromatic rings. The van der Waals surface area contributed by atoms with E-state index in [1.807, 2.05) is 0 Å². The lowest BCUT2D eigenvalue weighted by Crippen LogP contribution is -2.22. The van der Waals surface area contributed by atoms with Crippen LogP contribution in [0.25, 0.3) is 0 Å². The Morgan fingerprint density at radius 2 is 1.88 bits per heavy atom. The van der Waals surface area contributed by atoms with E-state index in [2.05, 4.69) is 15.6 Å². The van der Waals surface area contributed by atoms with E-state index >= 15 is 0 Å². The monoisotopic (exact) mass is 450 g/mol. The summed E-state index contributed by atoms with van der Waals surface area (Å²) in [6.07, 6.45) is 1.29. The molecule has 1 aliphatic heterocycles. The van der Waals surface area contributed by atoms with Crippen molar-refractivity contribution in [2.75, 3.05) is 17.4 Å². The number of anilines is 2. The van der Waals surface area contributed by atoms with Crippen molar-refractivity contribution in [2.45, 2.75) is 18.8 Å². The summed E-state index contributed by atoms with van der Waals surface area (Å²) in [6.45, 7) is 0.132. The quantitative estimate of drug-likeness (QED) is 0.548. The van der Waals surface area contributed by atoms with Gasteiger partial charge in [-0.25, -0.2) is 4.98 Å². The second-order valence-electron chi connectivity index (χ2n) is 7.34. The summed E-state index contributed by atoms with van der Waals surface area (Å²) < 4.78 is 10.6. The molecule has 0 radical (unpaired) electrons. The first-order valence-corrected chi connectivity index (χ1v) is 10.7. The number of fused-ring (bicyclic) bond motifs is 2. The van der Waals surface area contributed by atoms with Gasteiger partial charge < -0.3 is 20.5 Å². The Balaban J connectivity index is 1.31. The lowest BCUT2D eigenvalue weighted by molar-refractivity contribution is -0.117. The molecule has 32 heavy (non-hydrogen) atoms. The number of aryl methyl sites for hydroxylation is 1. The highest BCUT2D eigenvalue weighted by atomic mass is 32.1. The van der Waals surface area contributed by atoms with Crippen LogP contribution in [0.15, 0.2) is 42.5 Å². The predicted molar refractivity (Wildman–Crippen MR) is 117 cm³/mol. The second kappa shape index (κ2) is 7.97. The summed E-state index contributed by atoms with van der Waals surface area (Å²) >= 11 is 1.35. The van der Waals surface area contributed by atoms with E-state index in [9.17, 15) is 14.4 Å². The highest BCUT2D eigenvalue weighted by Crippen LogP contribution is 2.39. The number of nitrogens with two attached hydrogens (primary N) is 1. The molecule has 0 saturated carbocycles. The lowest BCUT2D eigenvalue weighted by atomic mass is 10.1. The van der Waals surface area contributed by atoms with Crippen LogP contribution < -0.4 is 25.8 Å². The Bertz CT molecular complexity index is 1250. The van der Waals surface area contributed by atoms with Gasteiger partial charge in [-0.15, -0.1) is 11.3 Å². The third-order valence-electron chi connectivity index (χ3n) is 5.34. The fourth-order valence-corrected chi connectivity index (χ4v) is 4.80. The molecular formula is C22H18N4O5S. The zero-order valence-corrected chi connectivity index (χ0v) is 17.5. The SMILES string of the molecule is NC(=O)c1ccccc1NC(=O)C1CCc2sc(NC(=O)c3ccc4c(c3)OCO4)nc21. The molecule has 0 spiro atoms. The van der Waals surface area contributed by atoms with E-state index in [1.165, 1.54) is 11.3 Å². The Labute approximate surface area is 186 Å². The zero-order chi connectivity index (χ0) is 22.2. The van der Waals surface area contributed by atoms with Crippen LogP contribution in [0.5, 0.6) is 11.5 Å². The fourth-order valence-electron chi connectivity index (χ4n) is 3.77. The smallest absolute Gasteiger partial charge is 0.257 e. The van der Waals surface area contributed by atoms with Gasteiger partial charge in [0.25, 0.3) is 11.8 Å². The van der Waals surface area contributed by atoms with Crippen molar-refractivity contribution in [1.29, 1.82) is 0 Å². The van der Waals surface area contributed by atoms with Crippen LogP contribution in [0.4, 0.5) is 10.8 Å². The number of hydrogen-bond acceptors (Lipinski definition) is 7. The van der Waals surface area contributed by atoms with Crippen LogP contribution in [-0.4, -0.2) is 29.5 Å². The average molecular weight is 450 g/mol. The minimum Gasteiger partial charge on any atom is -0.454 e. The van der Waals surface area contributed by atoms with Crippen LogP contribution in [0.1, 0.15) is 43.6 Å². The number of hydrogen-bond donors (Lipinski definition) is 3. The number of carbonyl (C=O) groups is 3. The number of rotatable bonds is 5. The van der Waals surface area contributed by atoms with Crippen molar-refractivity contribution in [3.05, 3.63) is 64.2 Å². The summed E-state index contributed by atoms with van der Waals surface area (Å²) in [5.41, 5.74) is 7.06. The fraction of sp³-hybridized carbons (Fsp3) is 0.182. The summed E-state index contributed by atoms with van der Waals surface area (Å²) in [5.74, 6) is -0.564. The van der Waals surface area contributed by atoms with E-state index in [0.29, 0.717) is 46.4 Å². The first-order chi connectivity index (χ1) is 15.5. The molecule has 2 aromatic carbocycles. The number of para-hydroxylation sites is 1. The molecule has 9 nitrogen and oxygen atoms in total. The Kier molecular flexibility index (Phi) is 4.98. The third-order valence-corrected chi connectivity index (χ3v) is 6.39. The molecular weight excluding hydrogens is 432 g/mol. The molecule has 1 atom stereocenters. The molecule has 162 valence electrons. The number of primary amides is 1. The molecule has 2 heterocycles. The number of amides is 3. The molecule has 10 heteroatoms. The van der Waals surface area contributed by atoms with Crippen LogP contribution in [-0.2, 0) is 11.2 Å². The molecule has 3 amide bonds. The molecule has 0 saturated heterocycles. The van der Waals surface area contributed by atoms with Gasteiger partial charge in [-0.3, -0.25) is 19.7 Å². The van der Waals surface area contributed by atoms with Gasteiger partial charge in [-0.1, -0.05) is 12.1 Å². The predicted octanol–water partition coefficient (Wildman–Crippen LogP) is 2.89. The molecule has 1 unspecified atom stereocenters. The van der Waals surface area contributed by atoms with Gasteiger partial charge in [0.1, 0.15) is 0 Å². The largest absolute Gasteiger partial charge is 0.454 e. The average Bonchev–Trinajstić information content (AvgIpc) is 3.48. The molecule has 2 aliphatic rings. The maximum absolute atomic E-state index is 12.9. The Morgan fingerprint density at radius 3 is 2.72 bits per heavy atom. The van der Waals surface area contributed by atoms with Crippen LogP contribution in [0.2, 0.25) is 0 Å². The number of nitrogens with one attached hydrogen (secondary N) is 2. The van der Waals surface area contributed by atoms with E-state index in [4.69, 9.17) is 15.2 Å². The van der Waals surface area contributed by atoms with E-state index in [-0.39, 0.29) is 24.2 Å². The van der Waals surface area contributed by atoms with Crippen molar-refractivity contribution in [2.24, 2.45) is 5.73 Å². The van der Waals surface area contributed by atoms with E-state index in [1.54, 1.807) is 42.5 Å². The molecule has 1 aliphatic carbocycles. The summed E-state index contributed by atoms with van der Waals surface area (Å²) in [5, 5.41) is 6.00. The van der Waals surface area contributed by atoms with Gasteiger partial charge in [0.05, 0.1) is 22.9 Å².